The van der Waals surface area contributed by atoms with Crippen molar-refractivity contribution in [3.05, 3.63) is 30.1 Å². The van der Waals surface area contributed by atoms with Crippen LogP contribution in [0, 0.1) is 0 Å². The summed E-state index contributed by atoms with van der Waals surface area (Å²) in [5, 5.41) is 12.4. The number of fused-ring (bicyclic) bond motifs is 1. The van der Waals surface area contributed by atoms with E-state index in [1.807, 2.05) is 25.2 Å². The summed E-state index contributed by atoms with van der Waals surface area (Å²) >= 11 is 0. The quantitative estimate of drug-likeness (QED) is 0.814. The minimum Gasteiger partial charge on any atom is -0.395 e. The van der Waals surface area contributed by atoms with Crippen molar-refractivity contribution in [3.8, 4) is 0 Å². The third-order valence-corrected chi connectivity index (χ3v) is 3.24. The molecule has 1 aromatic heterocycles. The van der Waals surface area contributed by atoms with Gasteiger partial charge < -0.3 is 15.0 Å². The molecule has 0 fully saturated rings. The van der Waals surface area contributed by atoms with Crippen LogP contribution in [0.4, 0.5) is 0 Å². The summed E-state index contributed by atoms with van der Waals surface area (Å²) in [6.07, 6.45) is 2.04. The van der Waals surface area contributed by atoms with Crippen LogP contribution in [0.15, 0.2) is 24.3 Å². The van der Waals surface area contributed by atoms with Crippen LogP contribution >= 0.6 is 0 Å². The van der Waals surface area contributed by atoms with Crippen LogP contribution in [0.25, 0.3) is 11.0 Å². The predicted octanol–water partition coefficient (Wildman–Crippen LogP) is 1.57. The lowest BCUT2D eigenvalue weighted by Crippen LogP contribution is -2.34. The Balaban J connectivity index is 2.41. The molecule has 1 aromatic carbocycles. The molecule has 4 nitrogen and oxygen atoms in total. The summed E-state index contributed by atoms with van der Waals surface area (Å²) in [6, 6.07) is 8.24. The Kier molecular flexibility index (Phi) is 4.33. The number of rotatable bonds is 6. The second kappa shape index (κ2) is 5.98. The van der Waals surface area contributed by atoms with Crippen LogP contribution < -0.4 is 5.32 Å². The Labute approximate surface area is 108 Å². The molecule has 0 aliphatic heterocycles. The molecular weight excluding hydrogens is 226 g/mol. The van der Waals surface area contributed by atoms with E-state index in [1.54, 1.807) is 0 Å². The smallest absolute Gasteiger partial charge is 0.109 e. The van der Waals surface area contributed by atoms with Crippen LogP contribution in [0.5, 0.6) is 0 Å². The first-order chi connectivity index (χ1) is 8.80. The first kappa shape index (κ1) is 13.1. The maximum Gasteiger partial charge on any atom is 0.109 e. The minimum atomic E-state index is 0.0678. The summed E-state index contributed by atoms with van der Waals surface area (Å²) in [4.78, 5) is 4.68. The van der Waals surface area contributed by atoms with E-state index >= 15 is 0 Å². The first-order valence-corrected chi connectivity index (χ1v) is 6.52. The molecule has 0 saturated heterocycles. The van der Waals surface area contributed by atoms with Gasteiger partial charge in [-0.3, -0.25) is 0 Å². The Morgan fingerprint density at radius 2 is 2.17 bits per heavy atom. The molecule has 2 aromatic rings. The number of hydrogen-bond acceptors (Lipinski definition) is 3. The molecule has 0 bridgehead atoms. The fraction of sp³-hybridized carbons (Fsp3) is 0.500. The number of aliphatic hydroxyl groups excluding tert-OH is 1. The number of nitrogens with one attached hydrogen (secondary N) is 1. The summed E-state index contributed by atoms with van der Waals surface area (Å²) < 4.78 is 2.22. The number of hydrogen-bond donors (Lipinski definition) is 2. The monoisotopic (exact) mass is 247 g/mol. The Morgan fingerprint density at radius 3 is 2.83 bits per heavy atom. The Hall–Kier alpha value is -1.39. The van der Waals surface area contributed by atoms with E-state index in [9.17, 15) is 5.11 Å². The van der Waals surface area contributed by atoms with Gasteiger partial charge in [0.15, 0.2) is 0 Å². The molecule has 0 aliphatic rings. The highest BCUT2D eigenvalue weighted by Crippen LogP contribution is 2.17. The van der Waals surface area contributed by atoms with Gasteiger partial charge >= 0.3 is 0 Å². The van der Waals surface area contributed by atoms with Crippen molar-refractivity contribution in [1.82, 2.24) is 14.9 Å². The van der Waals surface area contributed by atoms with Crippen LogP contribution in [0.3, 0.4) is 0 Å². The predicted molar refractivity (Wildman–Crippen MR) is 73.7 cm³/mol. The maximum atomic E-state index is 9.32. The number of para-hydroxylation sites is 2. The summed E-state index contributed by atoms with van der Waals surface area (Å²) in [7, 11) is 1.87. The summed E-state index contributed by atoms with van der Waals surface area (Å²) in [5.74, 6) is 1.10. The van der Waals surface area contributed by atoms with E-state index in [1.165, 1.54) is 0 Å². The van der Waals surface area contributed by atoms with Crippen molar-refractivity contribution in [2.45, 2.75) is 32.4 Å². The third-order valence-electron chi connectivity index (χ3n) is 3.24. The van der Waals surface area contributed by atoms with Crippen molar-refractivity contribution >= 4 is 11.0 Å². The van der Waals surface area contributed by atoms with Gasteiger partial charge in [-0.25, -0.2) is 4.98 Å². The molecule has 0 amide bonds. The zero-order valence-corrected chi connectivity index (χ0v) is 11.1. The molecule has 0 spiro atoms. The normalized spacial score (nSPS) is 13.1. The molecule has 1 heterocycles. The zero-order valence-electron chi connectivity index (χ0n) is 11.1. The fourth-order valence-corrected chi connectivity index (χ4v) is 2.20. The molecular formula is C14H21N3O. The van der Waals surface area contributed by atoms with Gasteiger partial charge in [-0.15, -0.1) is 0 Å². The van der Waals surface area contributed by atoms with Crippen LogP contribution in [-0.2, 0) is 13.0 Å². The number of aryl methyl sites for hydroxylation is 1. The topological polar surface area (TPSA) is 50.1 Å². The molecule has 2 rings (SSSR count). The molecule has 98 valence electrons. The van der Waals surface area contributed by atoms with Crippen molar-refractivity contribution in [1.29, 1.82) is 0 Å². The number of nitrogens with zero attached hydrogens (tertiary/aromatic N) is 2. The van der Waals surface area contributed by atoms with Crippen molar-refractivity contribution in [3.63, 3.8) is 0 Å². The van der Waals surface area contributed by atoms with Crippen LogP contribution in [0.2, 0.25) is 0 Å². The fourth-order valence-electron chi connectivity index (χ4n) is 2.20. The van der Waals surface area contributed by atoms with E-state index < -0.39 is 0 Å². The maximum absolute atomic E-state index is 9.32. The van der Waals surface area contributed by atoms with Crippen molar-refractivity contribution < 1.29 is 5.11 Å². The standard InChI is InChI=1S/C14H21N3O/c1-3-6-14-16-12-7-4-5-8-13(12)17(14)9-11(10-18)15-2/h4-5,7-8,11,15,18H,3,6,9-10H2,1-2H3. The van der Waals surface area contributed by atoms with E-state index in [0.717, 1.165) is 36.2 Å². The second-order valence-corrected chi connectivity index (χ2v) is 4.55. The van der Waals surface area contributed by atoms with E-state index in [-0.39, 0.29) is 12.6 Å². The molecule has 18 heavy (non-hydrogen) atoms. The van der Waals surface area contributed by atoms with Gasteiger partial charge in [-0.05, 0) is 25.6 Å². The van der Waals surface area contributed by atoms with Crippen LogP contribution in [0.1, 0.15) is 19.2 Å². The van der Waals surface area contributed by atoms with Gasteiger partial charge in [0.1, 0.15) is 5.82 Å². The molecule has 0 aliphatic carbocycles. The minimum absolute atomic E-state index is 0.0678. The Morgan fingerprint density at radius 1 is 1.39 bits per heavy atom. The lowest BCUT2D eigenvalue weighted by atomic mass is 10.2. The van der Waals surface area contributed by atoms with Gasteiger partial charge in [-0.1, -0.05) is 19.1 Å². The number of aromatic nitrogens is 2. The molecule has 0 radical (unpaired) electrons. The highest BCUT2D eigenvalue weighted by Gasteiger charge is 2.13. The number of aliphatic hydroxyl groups is 1. The van der Waals surface area contributed by atoms with Crippen molar-refractivity contribution in [2.75, 3.05) is 13.7 Å². The molecule has 0 saturated carbocycles. The highest BCUT2D eigenvalue weighted by atomic mass is 16.3. The second-order valence-electron chi connectivity index (χ2n) is 4.55. The summed E-state index contributed by atoms with van der Waals surface area (Å²) in [5.41, 5.74) is 2.18. The number of imidazole rings is 1. The molecule has 2 N–H and O–H groups in total. The van der Waals surface area contributed by atoms with Gasteiger partial charge in [0.2, 0.25) is 0 Å². The SMILES string of the molecule is CCCc1nc2ccccc2n1CC(CO)NC. The Bertz CT molecular complexity index is 503. The van der Waals surface area contributed by atoms with Gasteiger partial charge in [0.25, 0.3) is 0 Å². The largest absolute Gasteiger partial charge is 0.395 e. The van der Waals surface area contributed by atoms with E-state index in [0.29, 0.717) is 0 Å². The zero-order chi connectivity index (χ0) is 13.0. The molecule has 4 heteroatoms. The summed E-state index contributed by atoms with van der Waals surface area (Å²) in [6.45, 7) is 3.04. The van der Waals surface area contributed by atoms with Gasteiger partial charge in [0.05, 0.1) is 17.6 Å². The van der Waals surface area contributed by atoms with Gasteiger partial charge in [-0.2, -0.15) is 0 Å². The number of benzene rings is 1. The first-order valence-electron chi connectivity index (χ1n) is 6.52. The molecule has 1 atom stereocenters. The lowest BCUT2D eigenvalue weighted by Gasteiger charge is -2.16. The average Bonchev–Trinajstić information content (AvgIpc) is 2.74. The lowest BCUT2D eigenvalue weighted by molar-refractivity contribution is 0.235. The van der Waals surface area contributed by atoms with E-state index in [4.69, 9.17) is 0 Å². The number of likely N-dealkylation sites (N-methyl/N-ethyl adjacent to an activating group) is 1. The third kappa shape index (κ3) is 2.54. The molecule has 1 unspecified atom stereocenters. The van der Waals surface area contributed by atoms with Crippen LogP contribution in [-0.4, -0.2) is 34.4 Å². The van der Waals surface area contributed by atoms with E-state index in [2.05, 4.69) is 27.9 Å². The van der Waals surface area contributed by atoms with Crippen molar-refractivity contribution in [2.24, 2.45) is 0 Å². The average molecular weight is 247 g/mol. The van der Waals surface area contributed by atoms with Gasteiger partial charge in [0, 0.05) is 19.0 Å². The highest BCUT2D eigenvalue weighted by molar-refractivity contribution is 5.75.